The lowest BCUT2D eigenvalue weighted by Gasteiger charge is -2.31. The number of para-hydroxylation sites is 1. The molecule has 1 saturated carbocycles. The van der Waals surface area contributed by atoms with E-state index in [2.05, 4.69) is 10.6 Å². The molecule has 3 atom stereocenters. The number of benzene rings is 1. The van der Waals surface area contributed by atoms with Crippen molar-refractivity contribution in [3.05, 3.63) is 36.0 Å². The van der Waals surface area contributed by atoms with E-state index in [9.17, 15) is 9.59 Å². The minimum atomic E-state index is -0.529. The fourth-order valence-electron chi connectivity index (χ4n) is 3.72. The van der Waals surface area contributed by atoms with Crippen molar-refractivity contribution >= 4 is 22.7 Å². The number of aromatic nitrogens is 1. The van der Waals surface area contributed by atoms with Gasteiger partial charge in [0.05, 0.1) is 12.0 Å². The number of carbonyl (C=O) groups excluding carboxylic acids is 2. The summed E-state index contributed by atoms with van der Waals surface area (Å²) in [6.45, 7) is 1.66. The largest absolute Gasteiger partial charge is 0.347 e. The second-order valence-electron chi connectivity index (χ2n) is 6.98. The van der Waals surface area contributed by atoms with Crippen molar-refractivity contribution in [3.8, 4) is 6.07 Å². The van der Waals surface area contributed by atoms with Gasteiger partial charge >= 0.3 is 0 Å². The summed E-state index contributed by atoms with van der Waals surface area (Å²) in [7, 11) is 1.87. The van der Waals surface area contributed by atoms with E-state index < -0.39 is 6.04 Å². The Morgan fingerprint density at radius 1 is 1.27 bits per heavy atom. The Hall–Kier alpha value is -2.81. The Labute approximate surface area is 153 Å². The van der Waals surface area contributed by atoms with Gasteiger partial charge in [-0.3, -0.25) is 9.59 Å². The van der Waals surface area contributed by atoms with Crippen molar-refractivity contribution in [3.63, 3.8) is 0 Å². The summed E-state index contributed by atoms with van der Waals surface area (Å²) in [6.07, 6.45) is 3.44. The van der Waals surface area contributed by atoms with E-state index in [0.29, 0.717) is 5.69 Å². The zero-order valence-corrected chi connectivity index (χ0v) is 15.2. The number of nitrogens with one attached hydrogen (secondary N) is 2. The summed E-state index contributed by atoms with van der Waals surface area (Å²) in [5, 5.41) is 15.7. The van der Waals surface area contributed by atoms with Crippen LogP contribution in [-0.2, 0) is 11.8 Å². The molecule has 0 bridgehead atoms. The lowest BCUT2D eigenvalue weighted by atomic mass is 9.83. The second kappa shape index (κ2) is 7.61. The van der Waals surface area contributed by atoms with Crippen molar-refractivity contribution < 1.29 is 9.59 Å². The van der Waals surface area contributed by atoms with Crippen LogP contribution in [0.2, 0.25) is 0 Å². The monoisotopic (exact) mass is 352 g/mol. The first kappa shape index (κ1) is 18.0. The van der Waals surface area contributed by atoms with E-state index in [-0.39, 0.29) is 23.8 Å². The number of hydrogen-bond acceptors (Lipinski definition) is 3. The number of fused-ring (bicyclic) bond motifs is 1. The van der Waals surface area contributed by atoms with Gasteiger partial charge in [-0.05, 0) is 31.9 Å². The summed E-state index contributed by atoms with van der Waals surface area (Å²) in [6, 6.07) is 11.0. The highest BCUT2D eigenvalue weighted by Gasteiger charge is 2.33. The van der Waals surface area contributed by atoms with Gasteiger partial charge in [0.2, 0.25) is 5.91 Å². The Morgan fingerprint density at radius 3 is 2.73 bits per heavy atom. The van der Waals surface area contributed by atoms with Gasteiger partial charge in [0.1, 0.15) is 11.7 Å². The van der Waals surface area contributed by atoms with Gasteiger partial charge < -0.3 is 15.2 Å². The summed E-state index contributed by atoms with van der Waals surface area (Å²) < 4.78 is 1.88. The first-order valence-corrected chi connectivity index (χ1v) is 9.06. The van der Waals surface area contributed by atoms with E-state index in [1.165, 1.54) is 0 Å². The predicted octanol–water partition coefficient (Wildman–Crippen LogP) is 2.50. The van der Waals surface area contributed by atoms with Gasteiger partial charge in [-0.2, -0.15) is 5.26 Å². The van der Waals surface area contributed by atoms with E-state index in [1.807, 2.05) is 48.0 Å². The molecule has 0 radical (unpaired) electrons. The SMILES string of the molecule is C[C@@H](C#N)NC(=O)[C@@H]1CCCCC1NC(=O)c1cc2ccccc2n1C. The quantitative estimate of drug-likeness (QED) is 0.886. The highest BCUT2D eigenvalue weighted by molar-refractivity contribution is 5.99. The average molecular weight is 352 g/mol. The zero-order chi connectivity index (χ0) is 18.7. The number of rotatable bonds is 4. The highest BCUT2D eigenvalue weighted by atomic mass is 16.2. The summed E-state index contributed by atoms with van der Waals surface area (Å²) >= 11 is 0. The third-order valence-corrected chi connectivity index (χ3v) is 5.16. The number of carbonyl (C=O) groups is 2. The zero-order valence-electron chi connectivity index (χ0n) is 15.2. The summed E-state index contributed by atoms with van der Waals surface area (Å²) in [4.78, 5) is 25.3. The average Bonchev–Trinajstić information content (AvgIpc) is 2.99. The summed E-state index contributed by atoms with van der Waals surface area (Å²) in [5.41, 5.74) is 1.58. The fraction of sp³-hybridized carbons (Fsp3) is 0.450. The lowest BCUT2D eigenvalue weighted by Crippen LogP contribution is -2.49. The molecule has 26 heavy (non-hydrogen) atoms. The molecule has 1 aromatic carbocycles. The van der Waals surface area contributed by atoms with E-state index >= 15 is 0 Å². The van der Waals surface area contributed by atoms with Crippen LogP contribution in [0.15, 0.2) is 30.3 Å². The van der Waals surface area contributed by atoms with E-state index in [4.69, 9.17) is 5.26 Å². The molecule has 1 heterocycles. The topological polar surface area (TPSA) is 86.9 Å². The van der Waals surface area contributed by atoms with E-state index in [0.717, 1.165) is 36.6 Å². The lowest BCUT2D eigenvalue weighted by molar-refractivity contribution is -0.127. The molecule has 1 unspecified atom stereocenters. The number of hydrogen-bond donors (Lipinski definition) is 2. The molecule has 6 nitrogen and oxygen atoms in total. The van der Waals surface area contributed by atoms with Crippen molar-refractivity contribution in [1.82, 2.24) is 15.2 Å². The minimum Gasteiger partial charge on any atom is -0.347 e. The molecule has 2 aromatic rings. The molecule has 0 saturated heterocycles. The van der Waals surface area contributed by atoms with Crippen LogP contribution in [0.25, 0.3) is 10.9 Å². The Bertz CT molecular complexity index is 864. The maximum atomic E-state index is 12.8. The predicted molar refractivity (Wildman–Crippen MR) is 99.3 cm³/mol. The van der Waals surface area contributed by atoms with Crippen LogP contribution < -0.4 is 10.6 Å². The molecule has 0 spiro atoms. The van der Waals surface area contributed by atoms with Gasteiger partial charge in [0, 0.05) is 24.0 Å². The molecule has 136 valence electrons. The van der Waals surface area contributed by atoms with Gasteiger partial charge in [-0.15, -0.1) is 0 Å². The third kappa shape index (κ3) is 3.57. The van der Waals surface area contributed by atoms with E-state index in [1.54, 1.807) is 6.92 Å². The Kier molecular flexibility index (Phi) is 5.27. The number of nitrogens with zero attached hydrogens (tertiary/aromatic N) is 2. The maximum Gasteiger partial charge on any atom is 0.268 e. The Balaban J connectivity index is 1.76. The molecule has 2 N–H and O–H groups in total. The first-order valence-electron chi connectivity index (χ1n) is 9.06. The highest BCUT2D eigenvalue weighted by Crippen LogP contribution is 2.26. The molecule has 3 rings (SSSR count). The molecule has 1 fully saturated rings. The maximum absolute atomic E-state index is 12.8. The van der Waals surface area contributed by atoms with Crippen LogP contribution >= 0.6 is 0 Å². The van der Waals surface area contributed by atoms with Crippen molar-refractivity contribution in [2.75, 3.05) is 0 Å². The van der Waals surface area contributed by atoms with Crippen LogP contribution in [0, 0.1) is 17.2 Å². The summed E-state index contributed by atoms with van der Waals surface area (Å²) in [5.74, 6) is -0.610. The molecule has 2 amide bonds. The fourth-order valence-corrected chi connectivity index (χ4v) is 3.72. The normalized spacial score (nSPS) is 21.0. The molecule has 1 aliphatic rings. The number of aryl methyl sites for hydroxylation is 1. The standard InChI is InChI=1S/C20H24N4O2/c1-13(12-21)22-19(25)15-8-4-5-9-16(15)23-20(26)18-11-14-7-3-6-10-17(14)24(18)2/h3,6-7,10-11,13,15-16H,4-5,8-9H2,1-2H3,(H,22,25)(H,23,26)/t13-,15+,16?/m0/s1. The molecule has 1 aliphatic carbocycles. The first-order chi connectivity index (χ1) is 12.5. The molecule has 0 aliphatic heterocycles. The van der Waals surface area contributed by atoms with Gasteiger partial charge in [0.15, 0.2) is 0 Å². The van der Waals surface area contributed by atoms with Crippen LogP contribution in [0.1, 0.15) is 43.1 Å². The van der Waals surface area contributed by atoms with Gasteiger partial charge in [-0.25, -0.2) is 0 Å². The number of nitriles is 1. The molecule has 1 aromatic heterocycles. The smallest absolute Gasteiger partial charge is 0.268 e. The van der Waals surface area contributed by atoms with Crippen molar-refractivity contribution in [1.29, 1.82) is 5.26 Å². The van der Waals surface area contributed by atoms with Gasteiger partial charge in [0.25, 0.3) is 5.91 Å². The number of amides is 2. The van der Waals surface area contributed by atoms with Crippen LogP contribution in [-0.4, -0.2) is 28.5 Å². The third-order valence-electron chi connectivity index (χ3n) is 5.16. The molecular weight excluding hydrogens is 328 g/mol. The molecular formula is C20H24N4O2. The molecule has 6 heteroatoms. The van der Waals surface area contributed by atoms with Gasteiger partial charge in [-0.1, -0.05) is 31.0 Å². The van der Waals surface area contributed by atoms with Crippen molar-refractivity contribution in [2.45, 2.75) is 44.7 Å². The van der Waals surface area contributed by atoms with Crippen LogP contribution in [0.5, 0.6) is 0 Å². The Morgan fingerprint density at radius 2 is 2.00 bits per heavy atom. The van der Waals surface area contributed by atoms with Crippen LogP contribution in [0.4, 0.5) is 0 Å². The minimum absolute atomic E-state index is 0.152. The van der Waals surface area contributed by atoms with Crippen molar-refractivity contribution in [2.24, 2.45) is 13.0 Å². The second-order valence-corrected chi connectivity index (χ2v) is 6.98. The van der Waals surface area contributed by atoms with Crippen LogP contribution in [0.3, 0.4) is 0 Å².